The summed E-state index contributed by atoms with van der Waals surface area (Å²) in [5.74, 6) is -0.142. The standard InChI is InChI=1S/C16H16ClNO4/c1-21-11-6-4-10(5-7-11)13-14(17)16(20)18(15(13)19)9-12-3-2-8-22-12/h4-7,12H,2-3,8-9H2,1H3. The van der Waals surface area contributed by atoms with Crippen LogP contribution in [0.3, 0.4) is 0 Å². The minimum Gasteiger partial charge on any atom is -0.497 e. The third-order valence-electron chi connectivity index (χ3n) is 3.90. The molecular formula is C16H16ClNO4. The molecule has 6 heteroatoms. The molecule has 1 fully saturated rings. The highest BCUT2D eigenvalue weighted by molar-refractivity contribution is 6.55. The molecule has 116 valence electrons. The maximum absolute atomic E-state index is 12.5. The van der Waals surface area contributed by atoms with E-state index in [0.29, 0.717) is 17.9 Å². The number of methoxy groups -OCH3 is 1. The first-order valence-corrected chi connectivity index (χ1v) is 7.51. The minimum atomic E-state index is -0.451. The van der Waals surface area contributed by atoms with Gasteiger partial charge in [0.15, 0.2) is 0 Å². The van der Waals surface area contributed by atoms with Crippen LogP contribution in [0.15, 0.2) is 29.3 Å². The van der Waals surface area contributed by atoms with Gasteiger partial charge in [-0.3, -0.25) is 14.5 Å². The molecule has 0 aliphatic carbocycles. The van der Waals surface area contributed by atoms with Crippen molar-refractivity contribution in [3.63, 3.8) is 0 Å². The van der Waals surface area contributed by atoms with E-state index >= 15 is 0 Å². The van der Waals surface area contributed by atoms with Gasteiger partial charge in [0.2, 0.25) is 0 Å². The molecule has 5 nitrogen and oxygen atoms in total. The Kier molecular flexibility index (Phi) is 4.18. The summed E-state index contributed by atoms with van der Waals surface area (Å²) in [5, 5.41) is -0.0341. The number of ether oxygens (including phenoxy) is 2. The summed E-state index contributed by atoms with van der Waals surface area (Å²) < 4.78 is 10.6. The molecule has 1 aromatic rings. The quantitative estimate of drug-likeness (QED) is 0.798. The predicted molar refractivity (Wildman–Crippen MR) is 81.5 cm³/mol. The van der Waals surface area contributed by atoms with Gasteiger partial charge in [-0.05, 0) is 30.5 Å². The van der Waals surface area contributed by atoms with Gasteiger partial charge in [-0.15, -0.1) is 0 Å². The van der Waals surface area contributed by atoms with Gasteiger partial charge >= 0.3 is 0 Å². The summed E-state index contributed by atoms with van der Waals surface area (Å²) >= 11 is 6.11. The Morgan fingerprint density at radius 3 is 2.59 bits per heavy atom. The topological polar surface area (TPSA) is 55.8 Å². The third-order valence-corrected chi connectivity index (χ3v) is 4.25. The molecule has 1 aromatic carbocycles. The van der Waals surface area contributed by atoms with Gasteiger partial charge in [-0.25, -0.2) is 0 Å². The summed E-state index contributed by atoms with van der Waals surface area (Å²) in [6.07, 6.45) is 1.72. The van der Waals surface area contributed by atoms with Crippen molar-refractivity contribution in [2.24, 2.45) is 0 Å². The van der Waals surface area contributed by atoms with E-state index in [9.17, 15) is 9.59 Å². The molecule has 0 bridgehead atoms. The van der Waals surface area contributed by atoms with Crippen molar-refractivity contribution in [1.29, 1.82) is 0 Å². The van der Waals surface area contributed by atoms with Crippen LogP contribution in [0.2, 0.25) is 0 Å². The number of hydrogen-bond donors (Lipinski definition) is 0. The second-order valence-corrected chi connectivity index (χ2v) is 5.65. The van der Waals surface area contributed by atoms with E-state index in [-0.39, 0.29) is 29.2 Å². The van der Waals surface area contributed by atoms with E-state index in [1.54, 1.807) is 31.4 Å². The molecule has 1 atom stereocenters. The molecule has 2 amide bonds. The molecule has 3 rings (SSSR count). The number of benzene rings is 1. The van der Waals surface area contributed by atoms with Gasteiger partial charge in [0.25, 0.3) is 11.8 Å². The molecule has 0 saturated carbocycles. The zero-order valence-corrected chi connectivity index (χ0v) is 12.9. The molecule has 0 radical (unpaired) electrons. The number of rotatable bonds is 4. The van der Waals surface area contributed by atoms with Crippen LogP contribution in [0.25, 0.3) is 5.57 Å². The summed E-state index contributed by atoms with van der Waals surface area (Å²) in [6.45, 7) is 0.931. The molecule has 0 N–H and O–H groups in total. The number of carbonyl (C=O) groups excluding carboxylic acids is 2. The molecule has 1 unspecified atom stereocenters. The molecule has 2 heterocycles. The van der Waals surface area contributed by atoms with Crippen LogP contribution >= 0.6 is 11.6 Å². The van der Waals surface area contributed by atoms with Crippen molar-refractivity contribution < 1.29 is 19.1 Å². The Balaban J connectivity index is 1.84. The van der Waals surface area contributed by atoms with Crippen molar-refractivity contribution in [3.05, 3.63) is 34.9 Å². The van der Waals surface area contributed by atoms with Crippen LogP contribution in [0.5, 0.6) is 5.75 Å². The lowest BCUT2D eigenvalue weighted by atomic mass is 10.1. The van der Waals surface area contributed by atoms with Crippen LogP contribution in [0, 0.1) is 0 Å². The molecule has 0 aromatic heterocycles. The fraction of sp³-hybridized carbons (Fsp3) is 0.375. The van der Waals surface area contributed by atoms with Crippen molar-refractivity contribution in [2.45, 2.75) is 18.9 Å². The first-order valence-electron chi connectivity index (χ1n) is 7.14. The first kappa shape index (κ1) is 15.1. The largest absolute Gasteiger partial charge is 0.497 e. The second kappa shape index (κ2) is 6.10. The first-order chi connectivity index (χ1) is 10.6. The van der Waals surface area contributed by atoms with Crippen molar-refractivity contribution in [3.8, 4) is 5.75 Å². The highest BCUT2D eigenvalue weighted by Crippen LogP contribution is 2.33. The van der Waals surface area contributed by atoms with E-state index in [4.69, 9.17) is 21.1 Å². The molecule has 2 aliphatic rings. The van der Waals surface area contributed by atoms with E-state index < -0.39 is 5.91 Å². The van der Waals surface area contributed by atoms with Gasteiger partial charge in [0.1, 0.15) is 10.8 Å². The van der Waals surface area contributed by atoms with E-state index in [1.165, 1.54) is 4.90 Å². The predicted octanol–water partition coefficient (Wildman–Crippen LogP) is 2.19. The van der Waals surface area contributed by atoms with Crippen LogP contribution in [-0.2, 0) is 14.3 Å². The van der Waals surface area contributed by atoms with Crippen LogP contribution in [0.4, 0.5) is 0 Å². The molecular weight excluding hydrogens is 306 g/mol. The molecule has 1 saturated heterocycles. The lowest BCUT2D eigenvalue weighted by molar-refractivity contribution is -0.138. The van der Waals surface area contributed by atoms with Crippen LogP contribution in [0.1, 0.15) is 18.4 Å². The Morgan fingerprint density at radius 2 is 2.00 bits per heavy atom. The lowest BCUT2D eigenvalue weighted by Crippen LogP contribution is -2.37. The Bertz CT molecular complexity index is 632. The number of imide groups is 1. The number of amides is 2. The lowest BCUT2D eigenvalue weighted by Gasteiger charge is -2.18. The third kappa shape index (κ3) is 2.62. The summed E-state index contributed by atoms with van der Waals surface area (Å²) in [7, 11) is 1.56. The molecule has 2 aliphatic heterocycles. The van der Waals surface area contributed by atoms with Crippen molar-refractivity contribution in [1.82, 2.24) is 4.90 Å². The van der Waals surface area contributed by atoms with Crippen LogP contribution in [-0.4, -0.2) is 43.1 Å². The highest BCUT2D eigenvalue weighted by Gasteiger charge is 2.39. The van der Waals surface area contributed by atoms with Crippen molar-refractivity contribution >= 4 is 29.0 Å². The Labute approximate surface area is 133 Å². The fourth-order valence-corrected chi connectivity index (χ4v) is 3.00. The SMILES string of the molecule is COc1ccc(C2=C(Cl)C(=O)N(CC3CCCO3)C2=O)cc1. The van der Waals surface area contributed by atoms with Gasteiger partial charge in [0, 0.05) is 6.61 Å². The summed E-state index contributed by atoms with van der Waals surface area (Å²) in [4.78, 5) is 26.0. The fourth-order valence-electron chi connectivity index (χ4n) is 2.71. The number of nitrogens with zero attached hydrogens (tertiary/aromatic N) is 1. The molecule has 22 heavy (non-hydrogen) atoms. The van der Waals surface area contributed by atoms with Crippen LogP contribution < -0.4 is 4.74 Å². The second-order valence-electron chi connectivity index (χ2n) is 5.27. The van der Waals surface area contributed by atoms with E-state index in [2.05, 4.69) is 0 Å². The average molecular weight is 322 g/mol. The van der Waals surface area contributed by atoms with Gasteiger partial charge < -0.3 is 9.47 Å². The van der Waals surface area contributed by atoms with Gasteiger partial charge in [-0.1, -0.05) is 23.7 Å². The van der Waals surface area contributed by atoms with Gasteiger partial charge in [0.05, 0.1) is 25.3 Å². The average Bonchev–Trinajstić information content (AvgIpc) is 3.11. The zero-order chi connectivity index (χ0) is 15.7. The van der Waals surface area contributed by atoms with Crippen molar-refractivity contribution in [2.75, 3.05) is 20.3 Å². The summed E-state index contributed by atoms with van der Waals surface area (Å²) in [5.41, 5.74) is 0.853. The van der Waals surface area contributed by atoms with E-state index in [0.717, 1.165) is 12.8 Å². The maximum Gasteiger partial charge on any atom is 0.273 e. The molecule has 0 spiro atoms. The highest BCUT2D eigenvalue weighted by atomic mass is 35.5. The van der Waals surface area contributed by atoms with Gasteiger partial charge in [-0.2, -0.15) is 0 Å². The minimum absolute atomic E-state index is 0.0341. The Hall–Kier alpha value is -1.85. The number of hydrogen-bond acceptors (Lipinski definition) is 4. The van der Waals surface area contributed by atoms with E-state index in [1.807, 2.05) is 0 Å². The normalized spacial score (nSPS) is 21.9. The Morgan fingerprint density at radius 1 is 1.27 bits per heavy atom. The number of halogens is 1. The smallest absolute Gasteiger partial charge is 0.273 e. The zero-order valence-electron chi connectivity index (χ0n) is 12.2. The maximum atomic E-state index is 12.5. The summed E-state index contributed by atoms with van der Waals surface area (Å²) in [6, 6.07) is 6.90. The number of carbonyl (C=O) groups is 2. The monoisotopic (exact) mass is 321 g/mol.